The zero-order valence-corrected chi connectivity index (χ0v) is 13.5. The average Bonchev–Trinajstić information content (AvgIpc) is 2.77. The van der Waals surface area contributed by atoms with Gasteiger partial charge in [-0.3, -0.25) is 9.59 Å². The Kier molecular flexibility index (Phi) is 5.11. The Morgan fingerprint density at radius 2 is 2.00 bits per heavy atom. The maximum atomic E-state index is 12.6. The zero-order chi connectivity index (χ0) is 17.8. The lowest BCUT2D eigenvalue weighted by Gasteiger charge is -2.10. The standard InChI is InChI=1S/C19H18O6/c20-9-14(21)11-25-18(22)8-12-5-6-16-17(7-12)24-10-13-3-1-2-4-15(13)19(16)23/h1-7,14,20-21H,8-11H2/t14-/m0/s1. The molecule has 0 saturated carbocycles. The smallest absolute Gasteiger partial charge is 0.310 e. The van der Waals surface area contributed by atoms with Crippen LogP contribution in [0.4, 0.5) is 0 Å². The predicted octanol–water partition coefficient (Wildman–Crippen LogP) is 1.25. The number of hydrogen-bond acceptors (Lipinski definition) is 6. The summed E-state index contributed by atoms with van der Waals surface area (Å²) in [5, 5.41) is 17.9. The molecular formula is C19H18O6. The Balaban J connectivity index is 1.75. The Bertz CT molecular complexity index is 798. The third-order valence-corrected chi connectivity index (χ3v) is 3.93. The van der Waals surface area contributed by atoms with Gasteiger partial charge >= 0.3 is 5.97 Å². The normalized spacial score (nSPS) is 13.9. The summed E-state index contributed by atoms with van der Waals surface area (Å²) in [7, 11) is 0. The number of benzene rings is 2. The van der Waals surface area contributed by atoms with Crippen molar-refractivity contribution in [3.63, 3.8) is 0 Å². The van der Waals surface area contributed by atoms with Crippen LogP contribution in [-0.4, -0.2) is 41.3 Å². The summed E-state index contributed by atoms with van der Waals surface area (Å²) in [6.07, 6.45) is -1.11. The number of aliphatic hydroxyl groups is 2. The number of carbonyl (C=O) groups excluding carboxylic acids is 2. The van der Waals surface area contributed by atoms with Gasteiger partial charge in [0, 0.05) is 11.1 Å². The molecule has 130 valence electrons. The van der Waals surface area contributed by atoms with E-state index in [1.807, 2.05) is 18.2 Å². The Labute approximate surface area is 144 Å². The Morgan fingerprint density at radius 3 is 2.80 bits per heavy atom. The number of esters is 1. The summed E-state index contributed by atoms with van der Waals surface area (Å²) >= 11 is 0. The van der Waals surface area contributed by atoms with E-state index in [9.17, 15) is 14.7 Å². The number of ketones is 1. The van der Waals surface area contributed by atoms with E-state index < -0.39 is 18.7 Å². The fourth-order valence-electron chi connectivity index (χ4n) is 2.61. The second-order valence-corrected chi connectivity index (χ2v) is 5.80. The van der Waals surface area contributed by atoms with Crippen molar-refractivity contribution in [3.8, 4) is 5.75 Å². The van der Waals surface area contributed by atoms with Gasteiger partial charge in [0.1, 0.15) is 25.1 Å². The van der Waals surface area contributed by atoms with Crippen molar-refractivity contribution in [2.75, 3.05) is 13.2 Å². The van der Waals surface area contributed by atoms with Crippen LogP contribution in [0.1, 0.15) is 27.0 Å². The van der Waals surface area contributed by atoms with Gasteiger partial charge in [-0.1, -0.05) is 30.3 Å². The number of carbonyl (C=O) groups is 2. The van der Waals surface area contributed by atoms with Crippen molar-refractivity contribution in [2.45, 2.75) is 19.1 Å². The average molecular weight is 342 g/mol. The predicted molar refractivity (Wildman–Crippen MR) is 88.4 cm³/mol. The second-order valence-electron chi connectivity index (χ2n) is 5.80. The van der Waals surface area contributed by atoms with Crippen molar-refractivity contribution in [1.29, 1.82) is 0 Å². The monoisotopic (exact) mass is 342 g/mol. The lowest BCUT2D eigenvalue weighted by Crippen LogP contribution is -2.22. The van der Waals surface area contributed by atoms with E-state index >= 15 is 0 Å². The molecular weight excluding hydrogens is 324 g/mol. The molecule has 25 heavy (non-hydrogen) atoms. The van der Waals surface area contributed by atoms with Crippen molar-refractivity contribution >= 4 is 11.8 Å². The first-order valence-corrected chi connectivity index (χ1v) is 7.91. The van der Waals surface area contributed by atoms with Crippen LogP contribution in [0.15, 0.2) is 42.5 Å². The van der Waals surface area contributed by atoms with Gasteiger partial charge in [-0.05, 0) is 17.7 Å². The van der Waals surface area contributed by atoms with Crippen LogP contribution in [0.25, 0.3) is 0 Å². The molecule has 0 bridgehead atoms. The van der Waals surface area contributed by atoms with E-state index in [2.05, 4.69) is 0 Å². The lowest BCUT2D eigenvalue weighted by atomic mass is 9.98. The molecule has 2 N–H and O–H groups in total. The van der Waals surface area contributed by atoms with Crippen molar-refractivity contribution in [3.05, 3.63) is 64.7 Å². The molecule has 0 amide bonds. The van der Waals surface area contributed by atoms with Crippen LogP contribution in [0.5, 0.6) is 5.75 Å². The summed E-state index contributed by atoms with van der Waals surface area (Å²) in [4.78, 5) is 24.4. The SMILES string of the molecule is O=C(Cc1ccc2c(c1)OCc1ccccc1C2=O)OC[C@@H](O)CO. The van der Waals surface area contributed by atoms with Crippen molar-refractivity contribution in [2.24, 2.45) is 0 Å². The molecule has 1 aliphatic heterocycles. The van der Waals surface area contributed by atoms with Crippen molar-refractivity contribution in [1.82, 2.24) is 0 Å². The minimum atomic E-state index is -1.09. The van der Waals surface area contributed by atoms with E-state index in [1.165, 1.54) is 0 Å². The summed E-state index contributed by atoms with van der Waals surface area (Å²) in [5.41, 5.74) is 2.54. The summed E-state index contributed by atoms with van der Waals surface area (Å²) in [6, 6.07) is 12.3. The largest absolute Gasteiger partial charge is 0.488 e. The number of fused-ring (bicyclic) bond motifs is 2. The molecule has 0 radical (unpaired) electrons. The number of ether oxygens (including phenoxy) is 2. The van der Waals surface area contributed by atoms with Crippen molar-refractivity contribution < 1.29 is 29.3 Å². The first-order chi connectivity index (χ1) is 12.1. The molecule has 0 aliphatic carbocycles. The summed E-state index contributed by atoms with van der Waals surface area (Å²) in [5.74, 6) is -0.208. The van der Waals surface area contributed by atoms with Gasteiger partial charge in [-0.15, -0.1) is 0 Å². The fraction of sp³-hybridized carbons (Fsp3) is 0.263. The lowest BCUT2D eigenvalue weighted by molar-refractivity contribution is -0.146. The highest BCUT2D eigenvalue weighted by molar-refractivity contribution is 6.12. The minimum absolute atomic E-state index is 0.0179. The van der Waals surface area contributed by atoms with Crippen LogP contribution in [-0.2, 0) is 22.6 Å². The highest BCUT2D eigenvalue weighted by Crippen LogP contribution is 2.29. The molecule has 6 nitrogen and oxygen atoms in total. The first kappa shape index (κ1) is 17.1. The van der Waals surface area contributed by atoms with E-state index in [0.717, 1.165) is 5.56 Å². The Hall–Kier alpha value is -2.70. The third-order valence-electron chi connectivity index (χ3n) is 3.93. The molecule has 0 spiro atoms. The Morgan fingerprint density at radius 1 is 1.20 bits per heavy atom. The van der Waals surface area contributed by atoms with Crippen LogP contribution < -0.4 is 4.74 Å². The molecule has 3 rings (SSSR count). The van der Waals surface area contributed by atoms with E-state index in [1.54, 1.807) is 24.3 Å². The quantitative estimate of drug-likeness (QED) is 0.795. The highest BCUT2D eigenvalue weighted by Gasteiger charge is 2.22. The minimum Gasteiger partial charge on any atom is -0.488 e. The molecule has 0 unspecified atom stereocenters. The number of hydrogen-bond donors (Lipinski definition) is 2. The van der Waals surface area contributed by atoms with Gasteiger partial charge in [0.2, 0.25) is 0 Å². The van der Waals surface area contributed by atoms with Gasteiger partial charge < -0.3 is 19.7 Å². The molecule has 6 heteroatoms. The third kappa shape index (κ3) is 3.87. The van der Waals surface area contributed by atoms with Crippen LogP contribution in [0, 0.1) is 0 Å². The molecule has 1 heterocycles. The van der Waals surface area contributed by atoms with E-state index in [4.69, 9.17) is 14.6 Å². The summed E-state index contributed by atoms with van der Waals surface area (Å²) < 4.78 is 10.6. The molecule has 2 aromatic rings. The van der Waals surface area contributed by atoms with Crippen LogP contribution in [0.3, 0.4) is 0 Å². The van der Waals surface area contributed by atoms with Gasteiger partial charge in [0.05, 0.1) is 18.6 Å². The molecule has 1 atom stereocenters. The van der Waals surface area contributed by atoms with Gasteiger partial charge in [-0.2, -0.15) is 0 Å². The maximum absolute atomic E-state index is 12.6. The first-order valence-electron chi connectivity index (χ1n) is 7.91. The topological polar surface area (TPSA) is 93.1 Å². The second kappa shape index (κ2) is 7.46. The number of aliphatic hydroxyl groups excluding tert-OH is 2. The molecule has 2 aromatic carbocycles. The zero-order valence-electron chi connectivity index (χ0n) is 13.5. The molecule has 0 aromatic heterocycles. The maximum Gasteiger partial charge on any atom is 0.310 e. The van der Waals surface area contributed by atoms with Crippen LogP contribution in [0.2, 0.25) is 0 Å². The van der Waals surface area contributed by atoms with Gasteiger partial charge in [0.25, 0.3) is 0 Å². The van der Waals surface area contributed by atoms with Gasteiger partial charge in [0.15, 0.2) is 5.78 Å². The van der Waals surface area contributed by atoms with E-state index in [-0.39, 0.29) is 25.4 Å². The van der Waals surface area contributed by atoms with E-state index in [0.29, 0.717) is 22.4 Å². The number of rotatable bonds is 5. The molecule has 0 fully saturated rings. The highest BCUT2D eigenvalue weighted by atomic mass is 16.5. The molecule has 0 saturated heterocycles. The fourth-order valence-corrected chi connectivity index (χ4v) is 2.61. The molecule has 1 aliphatic rings. The summed E-state index contributed by atoms with van der Waals surface area (Å²) in [6.45, 7) is -0.446. The van der Waals surface area contributed by atoms with Gasteiger partial charge in [-0.25, -0.2) is 0 Å². The van der Waals surface area contributed by atoms with Crippen LogP contribution >= 0.6 is 0 Å².